The lowest BCUT2D eigenvalue weighted by atomic mass is 10.1. The zero-order valence-corrected chi connectivity index (χ0v) is 16.9. The van der Waals surface area contributed by atoms with Crippen LogP contribution >= 0.6 is 0 Å². The molecule has 1 aromatic carbocycles. The van der Waals surface area contributed by atoms with Gasteiger partial charge >= 0.3 is 0 Å². The number of anilines is 1. The van der Waals surface area contributed by atoms with Gasteiger partial charge in [0, 0.05) is 38.4 Å². The number of carbonyl (C=O) groups is 1. The largest absolute Gasteiger partial charge is 0.368 e. The van der Waals surface area contributed by atoms with Crippen LogP contribution in [0.5, 0.6) is 0 Å². The molecule has 0 atom stereocenters. The third-order valence-corrected chi connectivity index (χ3v) is 4.82. The monoisotopic (exact) mass is 384 g/mol. The van der Waals surface area contributed by atoms with Crippen LogP contribution in [-0.4, -0.2) is 56.6 Å². The Morgan fingerprint density at radius 2 is 1.68 bits per heavy atom. The number of carbonyl (C=O) groups excluding carboxylic acids is 1. The Morgan fingerprint density at radius 1 is 1.04 bits per heavy atom. The van der Waals surface area contributed by atoms with E-state index >= 15 is 0 Å². The summed E-state index contributed by atoms with van der Waals surface area (Å²) in [6.07, 6.45) is 4.48. The van der Waals surface area contributed by atoms with E-state index in [2.05, 4.69) is 69.4 Å². The number of rotatable bonds is 7. The Hall–Kier alpha value is -2.48. The summed E-state index contributed by atoms with van der Waals surface area (Å²) in [6.45, 7) is 5.37. The summed E-state index contributed by atoms with van der Waals surface area (Å²) in [5.41, 5.74) is 6.88. The molecule has 4 N–H and O–H groups in total. The van der Waals surface area contributed by atoms with Gasteiger partial charge < -0.3 is 15.1 Å². The molecular formula is C21H32N6O. The molecule has 2 aromatic rings. The van der Waals surface area contributed by atoms with Crippen molar-refractivity contribution >= 4 is 12.1 Å². The average Bonchev–Trinajstić information content (AvgIpc) is 2.75. The van der Waals surface area contributed by atoms with Crippen molar-refractivity contribution < 1.29 is 4.79 Å². The fourth-order valence-electron chi connectivity index (χ4n) is 3.12. The molecule has 0 radical (unpaired) electrons. The molecule has 1 aliphatic rings. The maximum Gasteiger partial charge on any atom is 0.221 e. The highest BCUT2D eigenvalue weighted by Crippen LogP contribution is 2.16. The molecule has 1 aliphatic heterocycles. The predicted octanol–water partition coefficient (Wildman–Crippen LogP) is 0.944. The molecule has 1 fully saturated rings. The fraction of sp³-hybridized carbons (Fsp3) is 0.429. The van der Waals surface area contributed by atoms with E-state index < -0.39 is 0 Å². The van der Waals surface area contributed by atoms with Crippen molar-refractivity contribution in [2.75, 3.05) is 45.2 Å². The van der Waals surface area contributed by atoms with Crippen LogP contribution < -0.4 is 21.5 Å². The van der Waals surface area contributed by atoms with Gasteiger partial charge in [0.15, 0.2) is 0 Å². The number of aryl methyl sites for hydroxylation is 2. The predicted molar refractivity (Wildman–Crippen MR) is 114 cm³/mol. The zero-order chi connectivity index (χ0) is 20.2. The van der Waals surface area contributed by atoms with E-state index in [1.807, 2.05) is 13.2 Å². The number of amides is 1. The van der Waals surface area contributed by atoms with Gasteiger partial charge in [-0.3, -0.25) is 15.2 Å². The normalized spacial score (nSPS) is 14.2. The molecule has 1 saturated heterocycles. The summed E-state index contributed by atoms with van der Waals surface area (Å²) in [5.74, 6) is 4.41. The highest BCUT2D eigenvalue weighted by Gasteiger charge is 2.14. The third kappa shape index (κ3) is 7.26. The molecule has 7 heteroatoms. The number of nitrogens with zero attached hydrogens (tertiary/aromatic N) is 3. The first-order valence-electron chi connectivity index (χ1n) is 9.67. The number of hydrogen-bond acceptors (Lipinski definition) is 6. The number of nitrogens with one attached hydrogen (secondary N) is 2. The topological polar surface area (TPSA) is 86.5 Å². The molecule has 1 amide bonds. The Morgan fingerprint density at radius 3 is 2.21 bits per heavy atom. The lowest BCUT2D eigenvalue weighted by Gasteiger charge is -2.33. The number of aromatic nitrogens is 1. The summed E-state index contributed by atoms with van der Waals surface area (Å²) in [4.78, 5) is 18.4. The minimum absolute atomic E-state index is 0.403. The van der Waals surface area contributed by atoms with Crippen molar-refractivity contribution in [3.05, 3.63) is 59.4 Å². The van der Waals surface area contributed by atoms with Gasteiger partial charge in [0.05, 0.1) is 11.9 Å². The SMILES string of the molecule is CNCc1ccc(CCc2ccc(N3CCN(C)CC3)cn2)cc1.NNC=O. The van der Waals surface area contributed by atoms with E-state index in [1.54, 1.807) is 5.43 Å². The van der Waals surface area contributed by atoms with Gasteiger partial charge in [-0.1, -0.05) is 24.3 Å². The molecule has 0 bridgehead atoms. The van der Waals surface area contributed by atoms with E-state index in [9.17, 15) is 0 Å². The van der Waals surface area contributed by atoms with Crippen LogP contribution in [0.1, 0.15) is 16.8 Å². The van der Waals surface area contributed by atoms with E-state index in [4.69, 9.17) is 4.79 Å². The van der Waals surface area contributed by atoms with Crippen LogP contribution in [0.15, 0.2) is 42.6 Å². The van der Waals surface area contributed by atoms with Gasteiger partial charge in [-0.2, -0.15) is 0 Å². The molecule has 152 valence electrons. The Labute approximate surface area is 167 Å². The second-order valence-corrected chi connectivity index (χ2v) is 6.93. The molecule has 0 unspecified atom stereocenters. The van der Waals surface area contributed by atoms with Crippen molar-refractivity contribution in [1.29, 1.82) is 0 Å². The maximum absolute atomic E-state index is 8.94. The summed E-state index contributed by atoms with van der Waals surface area (Å²) >= 11 is 0. The molecule has 2 heterocycles. The van der Waals surface area contributed by atoms with Gasteiger partial charge in [0.2, 0.25) is 6.41 Å². The first-order chi connectivity index (χ1) is 13.7. The van der Waals surface area contributed by atoms with Crippen LogP contribution in [0.4, 0.5) is 5.69 Å². The van der Waals surface area contributed by atoms with Crippen molar-refractivity contribution in [1.82, 2.24) is 20.6 Å². The second kappa shape index (κ2) is 12.1. The van der Waals surface area contributed by atoms with E-state index in [0.29, 0.717) is 6.41 Å². The molecule has 0 saturated carbocycles. The van der Waals surface area contributed by atoms with Crippen LogP contribution in [0, 0.1) is 0 Å². The van der Waals surface area contributed by atoms with E-state index in [0.717, 1.165) is 45.6 Å². The Bertz CT molecular complexity index is 681. The highest BCUT2D eigenvalue weighted by molar-refractivity contribution is 5.45. The van der Waals surface area contributed by atoms with Gasteiger partial charge in [0.1, 0.15) is 0 Å². The minimum Gasteiger partial charge on any atom is -0.368 e. The fourth-order valence-corrected chi connectivity index (χ4v) is 3.12. The summed E-state index contributed by atoms with van der Waals surface area (Å²) in [5, 5.41) is 3.18. The number of hydrazine groups is 1. The standard InChI is InChI=1S/C20H28N4.CH4N2O/c1-21-15-18-5-3-17(4-6-18)7-8-19-9-10-20(16-22-19)24-13-11-23(2)12-14-24;2-3-1-4/h3-6,9-10,16,21H,7-8,11-15H2,1-2H3;1H,2H2,(H,3,4). The number of piperazine rings is 1. The Balaban J connectivity index is 0.000000640. The van der Waals surface area contributed by atoms with Crippen LogP contribution in [-0.2, 0) is 24.2 Å². The van der Waals surface area contributed by atoms with Crippen LogP contribution in [0.2, 0.25) is 0 Å². The molecule has 0 aliphatic carbocycles. The minimum atomic E-state index is 0.403. The van der Waals surface area contributed by atoms with Gasteiger partial charge in [-0.05, 0) is 50.2 Å². The van der Waals surface area contributed by atoms with Crippen molar-refractivity contribution in [3.63, 3.8) is 0 Å². The van der Waals surface area contributed by atoms with Crippen molar-refractivity contribution in [3.8, 4) is 0 Å². The van der Waals surface area contributed by atoms with E-state index in [-0.39, 0.29) is 0 Å². The highest BCUT2D eigenvalue weighted by atomic mass is 16.1. The summed E-state index contributed by atoms with van der Waals surface area (Å²) in [7, 11) is 4.16. The molecule has 28 heavy (non-hydrogen) atoms. The summed E-state index contributed by atoms with van der Waals surface area (Å²) in [6, 6.07) is 13.3. The number of benzene rings is 1. The molecule has 1 aromatic heterocycles. The van der Waals surface area contributed by atoms with Gasteiger partial charge in [-0.25, -0.2) is 5.84 Å². The first kappa shape index (κ1) is 21.8. The number of nitrogens with two attached hydrogens (primary N) is 1. The van der Waals surface area contributed by atoms with Crippen LogP contribution in [0.25, 0.3) is 0 Å². The third-order valence-electron chi connectivity index (χ3n) is 4.82. The summed E-state index contributed by atoms with van der Waals surface area (Å²) < 4.78 is 0. The molecular weight excluding hydrogens is 352 g/mol. The second-order valence-electron chi connectivity index (χ2n) is 6.93. The number of pyridine rings is 1. The quantitative estimate of drug-likeness (QED) is 0.285. The van der Waals surface area contributed by atoms with Crippen molar-refractivity contribution in [2.24, 2.45) is 5.84 Å². The number of hydrogen-bond donors (Lipinski definition) is 3. The number of likely N-dealkylation sites (N-methyl/N-ethyl adjacent to an activating group) is 1. The Kier molecular flexibility index (Phi) is 9.41. The zero-order valence-electron chi connectivity index (χ0n) is 16.9. The van der Waals surface area contributed by atoms with E-state index in [1.165, 1.54) is 22.5 Å². The molecule has 0 spiro atoms. The van der Waals surface area contributed by atoms with Gasteiger partial charge in [-0.15, -0.1) is 0 Å². The molecule has 7 nitrogen and oxygen atoms in total. The van der Waals surface area contributed by atoms with Crippen molar-refractivity contribution in [2.45, 2.75) is 19.4 Å². The lowest BCUT2D eigenvalue weighted by molar-refractivity contribution is -0.109. The molecule has 3 rings (SSSR count). The first-order valence-corrected chi connectivity index (χ1v) is 9.67. The lowest BCUT2D eigenvalue weighted by Crippen LogP contribution is -2.44. The van der Waals surface area contributed by atoms with Gasteiger partial charge in [0.25, 0.3) is 0 Å². The van der Waals surface area contributed by atoms with Crippen LogP contribution in [0.3, 0.4) is 0 Å². The average molecular weight is 385 g/mol. The maximum atomic E-state index is 8.94. The smallest absolute Gasteiger partial charge is 0.221 e.